The monoisotopic (exact) mass is 469 g/mol. The number of ether oxygens (including phenoxy) is 2. The number of carbonyl (C=O) groups is 3. The van der Waals surface area contributed by atoms with Crippen LogP contribution in [0.1, 0.15) is 111 Å². The molecule has 0 bridgehead atoms. The SMILES string of the molecule is CCCCCCCCCCCCC/C=C/[C@@H](O)[C@H](COC(=O)CCC(=O)OC(C)C)NC=O. The topological polar surface area (TPSA) is 102 Å². The molecule has 0 heterocycles. The molecule has 7 nitrogen and oxygen atoms in total. The van der Waals surface area contributed by atoms with Crippen LogP contribution in [-0.2, 0) is 23.9 Å². The highest BCUT2D eigenvalue weighted by atomic mass is 16.5. The second-order valence-electron chi connectivity index (χ2n) is 8.86. The van der Waals surface area contributed by atoms with Crippen LogP contribution in [0.2, 0.25) is 0 Å². The third-order valence-corrected chi connectivity index (χ3v) is 5.33. The smallest absolute Gasteiger partial charge is 0.306 e. The number of aliphatic hydroxyl groups excluding tert-OH is 1. The Hall–Kier alpha value is -1.89. The van der Waals surface area contributed by atoms with Crippen molar-refractivity contribution in [3.63, 3.8) is 0 Å². The van der Waals surface area contributed by atoms with E-state index in [1.807, 2.05) is 6.08 Å². The molecule has 0 fully saturated rings. The maximum atomic E-state index is 11.8. The lowest BCUT2D eigenvalue weighted by molar-refractivity contribution is -0.153. The quantitative estimate of drug-likeness (QED) is 0.100. The molecule has 0 spiro atoms. The Labute approximate surface area is 200 Å². The number of hydrogen-bond acceptors (Lipinski definition) is 6. The van der Waals surface area contributed by atoms with Crippen molar-refractivity contribution in [2.24, 2.45) is 0 Å². The molecule has 0 aliphatic heterocycles. The van der Waals surface area contributed by atoms with Crippen molar-refractivity contribution in [1.82, 2.24) is 5.32 Å². The van der Waals surface area contributed by atoms with Crippen molar-refractivity contribution in [1.29, 1.82) is 0 Å². The van der Waals surface area contributed by atoms with Gasteiger partial charge in [-0.25, -0.2) is 0 Å². The van der Waals surface area contributed by atoms with Crippen LogP contribution in [0.15, 0.2) is 12.2 Å². The van der Waals surface area contributed by atoms with Crippen molar-refractivity contribution in [3.8, 4) is 0 Å². The zero-order valence-corrected chi connectivity index (χ0v) is 21.1. The van der Waals surface area contributed by atoms with Crippen molar-refractivity contribution < 1.29 is 29.0 Å². The summed E-state index contributed by atoms with van der Waals surface area (Å²) < 4.78 is 10.1. The summed E-state index contributed by atoms with van der Waals surface area (Å²) >= 11 is 0. The van der Waals surface area contributed by atoms with Gasteiger partial charge in [0.15, 0.2) is 0 Å². The maximum Gasteiger partial charge on any atom is 0.306 e. The summed E-state index contributed by atoms with van der Waals surface area (Å²) in [6.45, 7) is 5.54. The summed E-state index contributed by atoms with van der Waals surface area (Å²) in [5, 5.41) is 12.7. The number of esters is 2. The molecule has 0 aliphatic carbocycles. The van der Waals surface area contributed by atoms with Crippen molar-refractivity contribution >= 4 is 18.3 Å². The fourth-order valence-corrected chi connectivity index (χ4v) is 3.41. The summed E-state index contributed by atoms with van der Waals surface area (Å²) in [6, 6.07) is -0.734. The van der Waals surface area contributed by atoms with E-state index >= 15 is 0 Å². The minimum Gasteiger partial charge on any atom is -0.463 e. The number of amides is 1. The highest BCUT2D eigenvalue weighted by molar-refractivity contribution is 5.77. The van der Waals surface area contributed by atoms with Gasteiger partial charge in [0.25, 0.3) is 0 Å². The Morgan fingerprint density at radius 1 is 0.879 bits per heavy atom. The molecule has 192 valence electrons. The van der Waals surface area contributed by atoms with Crippen LogP contribution in [0.3, 0.4) is 0 Å². The Balaban J connectivity index is 3.93. The second-order valence-corrected chi connectivity index (χ2v) is 8.86. The minimum atomic E-state index is -0.957. The zero-order chi connectivity index (χ0) is 24.7. The molecule has 0 unspecified atom stereocenters. The molecular formula is C26H47NO6. The van der Waals surface area contributed by atoms with E-state index in [-0.39, 0.29) is 25.6 Å². The average Bonchev–Trinajstić information content (AvgIpc) is 2.77. The lowest BCUT2D eigenvalue weighted by Crippen LogP contribution is -2.42. The van der Waals surface area contributed by atoms with E-state index in [2.05, 4.69) is 12.2 Å². The van der Waals surface area contributed by atoms with Crippen LogP contribution in [0.4, 0.5) is 0 Å². The molecule has 0 aromatic heterocycles. The van der Waals surface area contributed by atoms with E-state index in [9.17, 15) is 19.5 Å². The molecule has 7 heteroatoms. The van der Waals surface area contributed by atoms with Crippen LogP contribution < -0.4 is 5.32 Å². The van der Waals surface area contributed by atoms with Gasteiger partial charge in [0.2, 0.25) is 6.41 Å². The average molecular weight is 470 g/mol. The number of carbonyl (C=O) groups excluding carboxylic acids is 3. The normalized spacial score (nSPS) is 13.1. The fraction of sp³-hybridized carbons (Fsp3) is 0.808. The Bertz CT molecular complexity index is 535. The largest absolute Gasteiger partial charge is 0.463 e. The highest BCUT2D eigenvalue weighted by Gasteiger charge is 2.19. The highest BCUT2D eigenvalue weighted by Crippen LogP contribution is 2.12. The Kier molecular flexibility index (Phi) is 20.7. The number of hydrogen-bond donors (Lipinski definition) is 2. The third-order valence-electron chi connectivity index (χ3n) is 5.33. The van der Waals surface area contributed by atoms with Crippen molar-refractivity contribution in [2.75, 3.05) is 6.61 Å². The predicted octanol–water partition coefficient (Wildman–Crippen LogP) is 4.99. The zero-order valence-electron chi connectivity index (χ0n) is 21.1. The summed E-state index contributed by atoms with van der Waals surface area (Å²) in [4.78, 5) is 34.1. The molecule has 2 atom stereocenters. The first-order valence-corrected chi connectivity index (χ1v) is 12.8. The third kappa shape index (κ3) is 20.4. The molecule has 0 saturated heterocycles. The van der Waals surface area contributed by atoms with E-state index in [1.54, 1.807) is 19.9 Å². The number of rotatable bonds is 22. The first-order valence-electron chi connectivity index (χ1n) is 12.8. The summed E-state index contributed by atoms with van der Waals surface area (Å²) in [5.74, 6) is -1.04. The van der Waals surface area contributed by atoms with Gasteiger partial charge in [0.05, 0.1) is 31.1 Å². The van der Waals surface area contributed by atoms with E-state index in [0.29, 0.717) is 6.41 Å². The van der Waals surface area contributed by atoms with Gasteiger partial charge >= 0.3 is 11.9 Å². The summed E-state index contributed by atoms with van der Waals surface area (Å²) in [6.07, 6.45) is 17.7. The van der Waals surface area contributed by atoms with Crippen molar-refractivity contribution in [3.05, 3.63) is 12.2 Å². The molecule has 0 aromatic rings. The van der Waals surface area contributed by atoms with Gasteiger partial charge in [0, 0.05) is 0 Å². The lowest BCUT2D eigenvalue weighted by Gasteiger charge is -2.19. The Morgan fingerprint density at radius 2 is 1.42 bits per heavy atom. The lowest BCUT2D eigenvalue weighted by atomic mass is 10.0. The van der Waals surface area contributed by atoms with Gasteiger partial charge in [-0.1, -0.05) is 83.3 Å². The molecule has 0 aromatic carbocycles. The number of unbranched alkanes of at least 4 members (excludes halogenated alkanes) is 11. The molecule has 0 rings (SSSR count). The van der Waals surface area contributed by atoms with Gasteiger partial charge in [-0.05, 0) is 26.7 Å². The maximum absolute atomic E-state index is 11.8. The fourth-order valence-electron chi connectivity index (χ4n) is 3.41. The van der Waals surface area contributed by atoms with E-state index in [0.717, 1.165) is 12.8 Å². The van der Waals surface area contributed by atoms with Gasteiger partial charge in [-0.15, -0.1) is 0 Å². The van der Waals surface area contributed by atoms with E-state index in [4.69, 9.17) is 9.47 Å². The molecule has 0 aliphatic rings. The number of aliphatic hydroxyl groups is 1. The summed E-state index contributed by atoms with van der Waals surface area (Å²) in [7, 11) is 0. The summed E-state index contributed by atoms with van der Waals surface area (Å²) in [5.41, 5.74) is 0. The minimum absolute atomic E-state index is 0.0653. The molecule has 1 amide bonds. The first kappa shape index (κ1) is 31.1. The van der Waals surface area contributed by atoms with Gasteiger partial charge in [-0.2, -0.15) is 0 Å². The molecule has 2 N–H and O–H groups in total. The number of allylic oxidation sites excluding steroid dienone is 1. The van der Waals surface area contributed by atoms with Crippen LogP contribution in [0.25, 0.3) is 0 Å². The Morgan fingerprint density at radius 3 is 1.97 bits per heavy atom. The van der Waals surface area contributed by atoms with Crippen LogP contribution in [0.5, 0.6) is 0 Å². The van der Waals surface area contributed by atoms with Crippen LogP contribution in [-0.4, -0.2) is 48.3 Å². The van der Waals surface area contributed by atoms with E-state index < -0.39 is 24.1 Å². The van der Waals surface area contributed by atoms with E-state index in [1.165, 1.54) is 64.2 Å². The standard InChI is InChI=1S/C26H47NO6/c1-4-5-6-7-8-9-10-11-12-13-14-15-16-17-24(29)23(27-21-28)20-32-25(30)18-19-26(31)33-22(2)3/h16-17,21-24,29H,4-15,18-20H2,1-3H3,(H,27,28)/b17-16+/t23-,24+/m0/s1. The van der Waals surface area contributed by atoms with Gasteiger partial charge < -0.3 is 19.9 Å². The van der Waals surface area contributed by atoms with Crippen molar-refractivity contribution in [2.45, 2.75) is 129 Å². The molecule has 0 saturated carbocycles. The number of nitrogens with one attached hydrogen (secondary N) is 1. The predicted molar refractivity (Wildman–Crippen MR) is 131 cm³/mol. The van der Waals surface area contributed by atoms with Crippen LogP contribution in [0, 0.1) is 0 Å². The second kappa shape index (κ2) is 21.9. The van der Waals surface area contributed by atoms with Crippen LogP contribution >= 0.6 is 0 Å². The van der Waals surface area contributed by atoms with Gasteiger partial charge in [-0.3, -0.25) is 14.4 Å². The van der Waals surface area contributed by atoms with Gasteiger partial charge in [0.1, 0.15) is 6.61 Å². The molecule has 33 heavy (non-hydrogen) atoms. The molecular weight excluding hydrogens is 422 g/mol. The first-order chi connectivity index (χ1) is 15.9. The molecule has 0 radical (unpaired) electrons.